The SMILES string of the molecule is COc1cccc(COCC2(N)CCCCC2)c1. The van der Waals surface area contributed by atoms with E-state index in [4.69, 9.17) is 15.2 Å². The Morgan fingerprint density at radius 2 is 2.00 bits per heavy atom. The van der Waals surface area contributed by atoms with Crippen molar-refractivity contribution >= 4 is 0 Å². The van der Waals surface area contributed by atoms with Crippen molar-refractivity contribution in [2.24, 2.45) is 5.73 Å². The molecule has 0 spiro atoms. The van der Waals surface area contributed by atoms with Gasteiger partial charge >= 0.3 is 0 Å². The Kier molecular flexibility index (Phi) is 4.61. The van der Waals surface area contributed by atoms with Crippen LogP contribution in [0.25, 0.3) is 0 Å². The molecule has 18 heavy (non-hydrogen) atoms. The lowest BCUT2D eigenvalue weighted by Crippen LogP contribution is -2.46. The van der Waals surface area contributed by atoms with Crippen molar-refractivity contribution in [1.82, 2.24) is 0 Å². The smallest absolute Gasteiger partial charge is 0.119 e. The fourth-order valence-corrected chi connectivity index (χ4v) is 2.53. The van der Waals surface area contributed by atoms with E-state index in [1.54, 1.807) is 7.11 Å². The Morgan fingerprint density at radius 1 is 1.22 bits per heavy atom. The van der Waals surface area contributed by atoms with Crippen LogP contribution in [0.2, 0.25) is 0 Å². The summed E-state index contributed by atoms with van der Waals surface area (Å²) in [6.07, 6.45) is 5.96. The van der Waals surface area contributed by atoms with Gasteiger partial charge in [0.15, 0.2) is 0 Å². The Labute approximate surface area is 109 Å². The van der Waals surface area contributed by atoms with Crippen molar-refractivity contribution in [2.75, 3.05) is 13.7 Å². The quantitative estimate of drug-likeness (QED) is 0.872. The van der Waals surface area contributed by atoms with Crippen molar-refractivity contribution < 1.29 is 9.47 Å². The molecular weight excluding hydrogens is 226 g/mol. The molecule has 0 radical (unpaired) electrons. The van der Waals surface area contributed by atoms with Gasteiger partial charge in [-0.1, -0.05) is 31.4 Å². The largest absolute Gasteiger partial charge is 0.497 e. The van der Waals surface area contributed by atoms with Crippen LogP contribution in [0.3, 0.4) is 0 Å². The maximum absolute atomic E-state index is 6.33. The lowest BCUT2D eigenvalue weighted by Gasteiger charge is -2.33. The van der Waals surface area contributed by atoms with Crippen LogP contribution >= 0.6 is 0 Å². The lowest BCUT2D eigenvalue weighted by atomic mass is 9.83. The molecule has 0 heterocycles. The minimum absolute atomic E-state index is 0.100. The van der Waals surface area contributed by atoms with Gasteiger partial charge in [-0.2, -0.15) is 0 Å². The van der Waals surface area contributed by atoms with Crippen molar-refractivity contribution in [3.05, 3.63) is 29.8 Å². The highest BCUT2D eigenvalue weighted by Crippen LogP contribution is 2.26. The van der Waals surface area contributed by atoms with Gasteiger partial charge in [0.05, 0.1) is 20.3 Å². The maximum Gasteiger partial charge on any atom is 0.119 e. The molecule has 1 saturated carbocycles. The summed E-state index contributed by atoms with van der Waals surface area (Å²) in [4.78, 5) is 0. The molecule has 2 rings (SSSR count). The van der Waals surface area contributed by atoms with Crippen LogP contribution in [0, 0.1) is 0 Å². The number of hydrogen-bond acceptors (Lipinski definition) is 3. The molecule has 2 N–H and O–H groups in total. The molecule has 100 valence electrons. The fraction of sp³-hybridized carbons (Fsp3) is 0.600. The third-order valence-electron chi connectivity index (χ3n) is 3.64. The van der Waals surface area contributed by atoms with Gasteiger partial charge in [-0.3, -0.25) is 0 Å². The molecule has 1 fully saturated rings. The topological polar surface area (TPSA) is 44.5 Å². The van der Waals surface area contributed by atoms with E-state index in [2.05, 4.69) is 0 Å². The summed E-state index contributed by atoms with van der Waals surface area (Å²) in [5.41, 5.74) is 7.36. The average molecular weight is 249 g/mol. The summed E-state index contributed by atoms with van der Waals surface area (Å²) >= 11 is 0. The number of ether oxygens (including phenoxy) is 2. The summed E-state index contributed by atoms with van der Waals surface area (Å²) in [6, 6.07) is 7.97. The second-order valence-electron chi connectivity index (χ2n) is 5.27. The van der Waals surface area contributed by atoms with E-state index in [0.717, 1.165) is 24.2 Å². The molecule has 1 aliphatic rings. The fourth-order valence-electron chi connectivity index (χ4n) is 2.53. The molecule has 1 aliphatic carbocycles. The minimum atomic E-state index is -0.100. The molecule has 3 nitrogen and oxygen atoms in total. The Hall–Kier alpha value is -1.06. The van der Waals surface area contributed by atoms with E-state index in [1.807, 2.05) is 24.3 Å². The van der Waals surface area contributed by atoms with Crippen LogP contribution < -0.4 is 10.5 Å². The summed E-state index contributed by atoms with van der Waals surface area (Å²) in [6.45, 7) is 1.26. The molecule has 0 unspecified atom stereocenters. The van der Waals surface area contributed by atoms with E-state index in [9.17, 15) is 0 Å². The molecular formula is C15H23NO2. The normalized spacial score (nSPS) is 18.6. The van der Waals surface area contributed by atoms with Crippen LogP contribution in [0.5, 0.6) is 5.75 Å². The van der Waals surface area contributed by atoms with Crippen LogP contribution in [-0.4, -0.2) is 19.3 Å². The van der Waals surface area contributed by atoms with Gasteiger partial charge < -0.3 is 15.2 Å². The summed E-state index contributed by atoms with van der Waals surface area (Å²) in [5, 5.41) is 0. The second-order valence-corrected chi connectivity index (χ2v) is 5.27. The Bertz CT molecular complexity index is 373. The first-order valence-electron chi connectivity index (χ1n) is 6.71. The number of rotatable bonds is 5. The number of hydrogen-bond donors (Lipinski definition) is 1. The molecule has 0 aromatic heterocycles. The zero-order chi connectivity index (χ0) is 12.8. The molecule has 0 bridgehead atoms. The minimum Gasteiger partial charge on any atom is -0.497 e. The predicted molar refractivity (Wildman–Crippen MR) is 72.7 cm³/mol. The van der Waals surface area contributed by atoms with Gasteiger partial charge in [0.1, 0.15) is 5.75 Å². The number of benzene rings is 1. The highest BCUT2D eigenvalue weighted by atomic mass is 16.5. The van der Waals surface area contributed by atoms with E-state index in [1.165, 1.54) is 19.3 Å². The van der Waals surface area contributed by atoms with Crippen LogP contribution in [0.15, 0.2) is 24.3 Å². The zero-order valence-electron chi connectivity index (χ0n) is 11.2. The molecule has 0 atom stereocenters. The van der Waals surface area contributed by atoms with Gasteiger partial charge in [-0.15, -0.1) is 0 Å². The standard InChI is InChI=1S/C15H23NO2/c1-17-14-7-5-6-13(10-14)11-18-12-15(16)8-3-2-4-9-15/h5-7,10H,2-4,8-9,11-12,16H2,1H3. The second kappa shape index (κ2) is 6.21. The highest BCUT2D eigenvalue weighted by molar-refractivity contribution is 5.27. The molecule has 0 amide bonds. The average Bonchev–Trinajstić information content (AvgIpc) is 2.40. The van der Waals surface area contributed by atoms with Crippen LogP contribution in [0.4, 0.5) is 0 Å². The molecule has 1 aromatic carbocycles. The number of methoxy groups -OCH3 is 1. The zero-order valence-corrected chi connectivity index (χ0v) is 11.2. The predicted octanol–water partition coefficient (Wildman–Crippen LogP) is 2.87. The molecule has 0 saturated heterocycles. The van der Waals surface area contributed by atoms with E-state index in [0.29, 0.717) is 13.2 Å². The third kappa shape index (κ3) is 3.72. The first-order valence-corrected chi connectivity index (χ1v) is 6.71. The first kappa shape index (κ1) is 13.4. The van der Waals surface area contributed by atoms with Crippen molar-refractivity contribution in [3.8, 4) is 5.75 Å². The Morgan fingerprint density at radius 3 is 2.72 bits per heavy atom. The van der Waals surface area contributed by atoms with Crippen LogP contribution in [0.1, 0.15) is 37.7 Å². The van der Waals surface area contributed by atoms with Gasteiger partial charge in [-0.25, -0.2) is 0 Å². The first-order chi connectivity index (χ1) is 8.72. The molecule has 3 heteroatoms. The molecule has 0 aliphatic heterocycles. The highest BCUT2D eigenvalue weighted by Gasteiger charge is 2.27. The lowest BCUT2D eigenvalue weighted by molar-refractivity contribution is 0.0574. The van der Waals surface area contributed by atoms with Crippen molar-refractivity contribution in [2.45, 2.75) is 44.2 Å². The van der Waals surface area contributed by atoms with Gasteiger partial charge in [0, 0.05) is 5.54 Å². The maximum atomic E-state index is 6.33. The van der Waals surface area contributed by atoms with Gasteiger partial charge in [0.2, 0.25) is 0 Å². The number of nitrogens with two attached hydrogens (primary N) is 1. The monoisotopic (exact) mass is 249 g/mol. The van der Waals surface area contributed by atoms with E-state index < -0.39 is 0 Å². The summed E-state index contributed by atoms with van der Waals surface area (Å²) < 4.78 is 11.0. The van der Waals surface area contributed by atoms with E-state index in [-0.39, 0.29) is 5.54 Å². The Balaban J connectivity index is 1.80. The van der Waals surface area contributed by atoms with Crippen molar-refractivity contribution in [1.29, 1.82) is 0 Å². The van der Waals surface area contributed by atoms with Gasteiger partial charge in [0.25, 0.3) is 0 Å². The van der Waals surface area contributed by atoms with E-state index >= 15 is 0 Å². The van der Waals surface area contributed by atoms with Crippen LogP contribution in [-0.2, 0) is 11.3 Å². The third-order valence-corrected chi connectivity index (χ3v) is 3.64. The summed E-state index contributed by atoms with van der Waals surface area (Å²) in [7, 11) is 1.68. The van der Waals surface area contributed by atoms with Crippen molar-refractivity contribution in [3.63, 3.8) is 0 Å². The summed E-state index contributed by atoms with van der Waals surface area (Å²) in [5.74, 6) is 0.872. The molecule has 1 aromatic rings. The van der Waals surface area contributed by atoms with Gasteiger partial charge in [-0.05, 0) is 30.5 Å².